The first-order valence-electron chi connectivity index (χ1n) is 3.85. The maximum Gasteiger partial charge on any atom is 0.312 e. The summed E-state index contributed by atoms with van der Waals surface area (Å²) in [4.78, 5) is 9.63. The molecule has 0 aromatic carbocycles. The van der Waals surface area contributed by atoms with Gasteiger partial charge in [0.15, 0.2) is 0 Å². The van der Waals surface area contributed by atoms with Crippen molar-refractivity contribution in [2.24, 2.45) is 0 Å². The van der Waals surface area contributed by atoms with E-state index < -0.39 is 21.7 Å². The summed E-state index contributed by atoms with van der Waals surface area (Å²) < 4.78 is 38.8. The molecular formula is C6H12F3NO2Si. The molecule has 0 saturated carbocycles. The molecule has 0 bridgehead atoms. The minimum Gasteiger partial charge on any atom is -0.381 e. The summed E-state index contributed by atoms with van der Waals surface area (Å²) in [6.07, 6.45) is 2.56. The summed E-state index contributed by atoms with van der Waals surface area (Å²) in [5.41, 5.74) is -3.13. The highest BCUT2D eigenvalue weighted by atomic mass is 28.1. The Morgan fingerprint density at radius 3 is 1.92 bits per heavy atom. The lowest BCUT2D eigenvalue weighted by molar-refractivity contribution is -0.140. The SMILES string of the molecule is C1CCOC1.O=C(NF)C(F)(F)[SiH3]. The highest BCUT2D eigenvalue weighted by Gasteiger charge is 2.31. The van der Waals surface area contributed by atoms with Crippen LogP contribution in [0.1, 0.15) is 12.8 Å². The Balaban J connectivity index is 0.000000243. The van der Waals surface area contributed by atoms with E-state index >= 15 is 0 Å². The van der Waals surface area contributed by atoms with E-state index in [-0.39, 0.29) is 0 Å². The van der Waals surface area contributed by atoms with Gasteiger partial charge in [0.05, 0.1) is 0 Å². The van der Waals surface area contributed by atoms with Gasteiger partial charge in [-0.15, -0.1) is 4.48 Å². The first-order chi connectivity index (χ1) is 5.98. The van der Waals surface area contributed by atoms with Crippen molar-refractivity contribution in [2.75, 3.05) is 13.2 Å². The fraction of sp³-hybridized carbons (Fsp3) is 0.833. The summed E-state index contributed by atoms with van der Waals surface area (Å²) in [5, 5.41) is 0. The monoisotopic (exact) mass is 215 g/mol. The first kappa shape index (κ1) is 12.4. The Kier molecular flexibility index (Phi) is 5.72. The van der Waals surface area contributed by atoms with Crippen molar-refractivity contribution in [2.45, 2.75) is 18.4 Å². The second-order valence-electron chi connectivity index (χ2n) is 2.63. The van der Waals surface area contributed by atoms with Crippen LogP contribution in [0.4, 0.5) is 13.3 Å². The zero-order valence-electron chi connectivity index (χ0n) is 7.28. The molecule has 0 unspecified atom stereocenters. The average molecular weight is 215 g/mol. The van der Waals surface area contributed by atoms with E-state index in [1.807, 2.05) is 0 Å². The lowest BCUT2D eigenvalue weighted by atomic mass is 10.4. The third-order valence-electron chi connectivity index (χ3n) is 1.31. The predicted octanol–water partition coefficient (Wildman–Crippen LogP) is -0.258. The summed E-state index contributed by atoms with van der Waals surface area (Å²) in [6, 6.07) is 0. The van der Waals surface area contributed by atoms with Gasteiger partial charge in [0, 0.05) is 13.2 Å². The predicted molar refractivity (Wildman–Crippen MR) is 44.2 cm³/mol. The number of rotatable bonds is 1. The highest BCUT2D eigenvalue weighted by Crippen LogP contribution is 2.05. The van der Waals surface area contributed by atoms with Crippen LogP contribution in [0, 0.1) is 0 Å². The fourth-order valence-corrected chi connectivity index (χ4v) is 0.688. The van der Waals surface area contributed by atoms with Gasteiger partial charge in [-0.1, -0.05) is 0 Å². The van der Waals surface area contributed by atoms with Crippen molar-refractivity contribution in [1.82, 2.24) is 5.54 Å². The number of ether oxygens (including phenoxy) is 1. The van der Waals surface area contributed by atoms with Gasteiger partial charge in [-0.25, -0.2) is 8.78 Å². The third-order valence-corrected chi connectivity index (χ3v) is 1.77. The van der Waals surface area contributed by atoms with E-state index in [4.69, 9.17) is 4.74 Å². The zero-order valence-corrected chi connectivity index (χ0v) is 9.28. The molecule has 7 heteroatoms. The van der Waals surface area contributed by atoms with E-state index in [9.17, 15) is 18.1 Å². The van der Waals surface area contributed by atoms with E-state index in [0.717, 1.165) is 13.2 Å². The fourth-order valence-electron chi connectivity index (χ4n) is 0.593. The Hall–Kier alpha value is -0.563. The minimum atomic E-state index is -3.48. The van der Waals surface area contributed by atoms with E-state index in [0.29, 0.717) is 5.54 Å². The van der Waals surface area contributed by atoms with E-state index in [1.54, 1.807) is 0 Å². The first-order valence-corrected chi connectivity index (χ1v) is 4.85. The van der Waals surface area contributed by atoms with Gasteiger partial charge in [-0.3, -0.25) is 4.79 Å². The molecule has 78 valence electrons. The summed E-state index contributed by atoms with van der Waals surface area (Å²) >= 11 is 0. The van der Waals surface area contributed by atoms with Crippen LogP contribution in [0.2, 0.25) is 0 Å². The molecule has 1 aliphatic heterocycles. The van der Waals surface area contributed by atoms with Crippen molar-refractivity contribution in [3.8, 4) is 0 Å². The number of carbonyl (C=O) groups is 1. The van der Waals surface area contributed by atoms with Crippen molar-refractivity contribution < 1.29 is 22.8 Å². The average Bonchev–Trinajstić information content (AvgIpc) is 2.58. The molecule has 1 aliphatic rings. The Morgan fingerprint density at radius 1 is 1.38 bits per heavy atom. The van der Waals surface area contributed by atoms with Gasteiger partial charge in [-0.05, 0) is 12.8 Å². The number of alkyl halides is 2. The Morgan fingerprint density at radius 2 is 1.85 bits per heavy atom. The van der Waals surface area contributed by atoms with E-state index in [2.05, 4.69) is 0 Å². The molecule has 0 aromatic heterocycles. The van der Waals surface area contributed by atoms with Gasteiger partial charge < -0.3 is 4.74 Å². The maximum absolute atomic E-state index is 11.5. The normalized spacial score (nSPS) is 16.2. The van der Waals surface area contributed by atoms with Crippen molar-refractivity contribution in [1.29, 1.82) is 0 Å². The van der Waals surface area contributed by atoms with Crippen LogP contribution in [-0.2, 0) is 9.53 Å². The van der Waals surface area contributed by atoms with Crippen LogP contribution < -0.4 is 5.54 Å². The molecule has 1 N–H and O–H groups in total. The molecule has 3 nitrogen and oxygen atoms in total. The van der Waals surface area contributed by atoms with Crippen LogP contribution in [0.5, 0.6) is 0 Å². The molecule has 0 aliphatic carbocycles. The Bertz CT molecular complexity index is 151. The standard InChI is InChI=1S/C4H8O.C2H4F3NOSi/c1-2-4-5-3-1;3-2(4,8)1(7)6-5/h1-4H2;8H3,(H,6,7). The van der Waals surface area contributed by atoms with Gasteiger partial charge in [0.2, 0.25) is 0 Å². The molecule has 1 saturated heterocycles. The van der Waals surface area contributed by atoms with Crippen LogP contribution >= 0.6 is 0 Å². The second-order valence-corrected chi connectivity index (χ2v) is 3.89. The lowest BCUT2D eigenvalue weighted by Gasteiger charge is -2.03. The molecule has 0 spiro atoms. The topological polar surface area (TPSA) is 38.3 Å². The van der Waals surface area contributed by atoms with Crippen molar-refractivity contribution in [3.05, 3.63) is 0 Å². The van der Waals surface area contributed by atoms with E-state index in [1.165, 1.54) is 12.8 Å². The molecular weight excluding hydrogens is 203 g/mol. The van der Waals surface area contributed by atoms with Crippen molar-refractivity contribution >= 4 is 16.1 Å². The van der Waals surface area contributed by atoms with Crippen LogP contribution in [0.3, 0.4) is 0 Å². The molecule has 0 aromatic rings. The number of hydrogen-bond acceptors (Lipinski definition) is 2. The number of halogens is 3. The van der Waals surface area contributed by atoms with Crippen LogP contribution in [0.15, 0.2) is 0 Å². The van der Waals surface area contributed by atoms with Gasteiger partial charge in [0.1, 0.15) is 10.2 Å². The molecule has 0 radical (unpaired) electrons. The van der Waals surface area contributed by atoms with Gasteiger partial charge >= 0.3 is 5.91 Å². The minimum absolute atomic E-state index is 0.351. The lowest BCUT2D eigenvalue weighted by Crippen LogP contribution is -2.36. The van der Waals surface area contributed by atoms with Gasteiger partial charge in [0.25, 0.3) is 5.55 Å². The number of nitrogens with one attached hydrogen (secondary N) is 1. The van der Waals surface area contributed by atoms with Crippen LogP contribution in [0.25, 0.3) is 0 Å². The molecule has 1 fully saturated rings. The number of hydrogen-bond donors (Lipinski definition) is 1. The van der Waals surface area contributed by atoms with Crippen molar-refractivity contribution in [3.63, 3.8) is 0 Å². The smallest absolute Gasteiger partial charge is 0.312 e. The Labute approximate surface area is 77.0 Å². The maximum atomic E-state index is 11.5. The molecule has 0 atom stereocenters. The second kappa shape index (κ2) is 5.98. The summed E-state index contributed by atoms with van der Waals surface area (Å²) in [5.74, 6) is -1.86. The highest BCUT2D eigenvalue weighted by molar-refractivity contribution is 6.25. The van der Waals surface area contributed by atoms with Crippen LogP contribution in [-0.4, -0.2) is 34.9 Å². The van der Waals surface area contributed by atoms with Gasteiger partial charge in [-0.2, -0.15) is 5.54 Å². The number of amides is 1. The molecule has 1 amide bonds. The quantitative estimate of drug-likeness (QED) is 0.483. The molecule has 13 heavy (non-hydrogen) atoms. The molecule has 1 rings (SSSR count). The summed E-state index contributed by atoms with van der Waals surface area (Å²) in [7, 11) is -0.664. The number of carbonyl (C=O) groups excluding carboxylic acids is 1. The summed E-state index contributed by atoms with van der Waals surface area (Å²) in [6.45, 7) is 2.00. The third kappa shape index (κ3) is 6.58. The largest absolute Gasteiger partial charge is 0.381 e. The zero-order chi connectivity index (χ0) is 10.3. The molecule has 1 heterocycles.